The number of fused-ring (bicyclic) bond motifs is 1. The Morgan fingerprint density at radius 1 is 1.44 bits per heavy atom. The van der Waals surface area contributed by atoms with E-state index in [9.17, 15) is 4.79 Å². The van der Waals surface area contributed by atoms with Crippen LogP contribution < -0.4 is 5.32 Å². The zero-order valence-electron chi connectivity index (χ0n) is 10.6. The fraction of sp³-hybridized carbons (Fsp3) is 0.500. The predicted octanol–water partition coefficient (Wildman–Crippen LogP) is 4.55. The Hall–Kier alpha value is -0.730. The molecular formula is C14H17Cl2NO. The highest BCUT2D eigenvalue weighted by Crippen LogP contribution is 2.39. The van der Waals surface area contributed by atoms with E-state index in [4.69, 9.17) is 23.2 Å². The molecule has 0 saturated carbocycles. The van der Waals surface area contributed by atoms with Gasteiger partial charge in [-0.05, 0) is 29.5 Å². The third-order valence-corrected chi connectivity index (χ3v) is 4.38. The summed E-state index contributed by atoms with van der Waals surface area (Å²) >= 11 is 12.7. The Bertz CT molecular complexity index is 473. The Kier molecular flexibility index (Phi) is 4.18. The third-order valence-electron chi connectivity index (χ3n) is 3.39. The van der Waals surface area contributed by atoms with Crippen LogP contribution in [-0.2, 0) is 11.2 Å². The van der Waals surface area contributed by atoms with Crippen LogP contribution >= 0.6 is 23.2 Å². The molecule has 0 saturated heterocycles. The van der Waals surface area contributed by atoms with E-state index in [-0.39, 0.29) is 11.3 Å². The van der Waals surface area contributed by atoms with Crippen molar-refractivity contribution in [2.24, 2.45) is 5.92 Å². The molecule has 4 heteroatoms. The van der Waals surface area contributed by atoms with Gasteiger partial charge in [0.05, 0.1) is 11.8 Å². The van der Waals surface area contributed by atoms with Gasteiger partial charge in [0.15, 0.2) is 0 Å². The van der Waals surface area contributed by atoms with E-state index in [0.29, 0.717) is 17.4 Å². The minimum absolute atomic E-state index is 0.0194. The van der Waals surface area contributed by atoms with Gasteiger partial charge in [-0.1, -0.05) is 37.9 Å². The molecule has 2 atom stereocenters. The van der Waals surface area contributed by atoms with Gasteiger partial charge >= 0.3 is 0 Å². The van der Waals surface area contributed by atoms with Crippen LogP contribution in [0.15, 0.2) is 12.1 Å². The molecule has 0 radical (unpaired) electrons. The SMILES string of the molecule is CCCC(C)C(Cl)c1cc2c(cc1Cl)NC(=O)C2. The summed E-state index contributed by atoms with van der Waals surface area (Å²) in [5, 5.41) is 3.33. The van der Waals surface area contributed by atoms with Gasteiger partial charge in [-0.3, -0.25) is 4.79 Å². The van der Waals surface area contributed by atoms with E-state index in [1.807, 2.05) is 12.1 Å². The molecule has 1 heterocycles. The third kappa shape index (κ3) is 2.65. The number of carbonyl (C=O) groups is 1. The standard InChI is InChI=1S/C14H17Cl2NO/c1-3-4-8(2)14(16)10-5-9-6-13(18)17-12(9)7-11(10)15/h5,7-8,14H,3-4,6H2,1-2H3,(H,17,18). The largest absolute Gasteiger partial charge is 0.325 e. The highest BCUT2D eigenvalue weighted by molar-refractivity contribution is 6.33. The number of benzene rings is 1. The molecule has 1 N–H and O–H groups in total. The summed E-state index contributed by atoms with van der Waals surface area (Å²) < 4.78 is 0. The molecule has 2 rings (SSSR count). The molecule has 0 aliphatic carbocycles. The molecule has 0 fully saturated rings. The van der Waals surface area contributed by atoms with Crippen molar-refractivity contribution in [2.45, 2.75) is 38.5 Å². The van der Waals surface area contributed by atoms with Crippen molar-refractivity contribution in [3.05, 3.63) is 28.3 Å². The van der Waals surface area contributed by atoms with Gasteiger partial charge in [0.2, 0.25) is 5.91 Å². The van der Waals surface area contributed by atoms with Crippen LogP contribution in [0.4, 0.5) is 5.69 Å². The highest BCUT2D eigenvalue weighted by Gasteiger charge is 2.24. The van der Waals surface area contributed by atoms with Crippen molar-refractivity contribution in [3.63, 3.8) is 0 Å². The van der Waals surface area contributed by atoms with E-state index in [1.54, 1.807) is 0 Å². The second-order valence-electron chi connectivity index (χ2n) is 4.92. The predicted molar refractivity (Wildman–Crippen MR) is 76.5 cm³/mol. The number of rotatable bonds is 4. The van der Waals surface area contributed by atoms with Crippen LogP contribution in [0.5, 0.6) is 0 Å². The number of hydrogen-bond acceptors (Lipinski definition) is 1. The molecule has 1 amide bonds. The molecule has 1 aliphatic heterocycles. The quantitative estimate of drug-likeness (QED) is 0.808. The Balaban J connectivity index is 2.29. The summed E-state index contributed by atoms with van der Waals surface area (Å²) in [5.74, 6) is 0.392. The minimum atomic E-state index is -0.0987. The number of anilines is 1. The van der Waals surface area contributed by atoms with Crippen molar-refractivity contribution in [1.82, 2.24) is 0 Å². The average Bonchev–Trinajstić information content (AvgIpc) is 2.66. The van der Waals surface area contributed by atoms with Crippen LogP contribution in [0.2, 0.25) is 5.02 Å². The zero-order valence-corrected chi connectivity index (χ0v) is 12.1. The second-order valence-corrected chi connectivity index (χ2v) is 5.80. The number of amides is 1. The van der Waals surface area contributed by atoms with Crippen molar-refractivity contribution in [2.75, 3.05) is 5.32 Å². The lowest BCUT2D eigenvalue weighted by molar-refractivity contribution is -0.115. The van der Waals surface area contributed by atoms with Crippen LogP contribution in [0, 0.1) is 5.92 Å². The number of alkyl halides is 1. The van der Waals surface area contributed by atoms with Crippen molar-refractivity contribution < 1.29 is 4.79 Å². The first-order valence-electron chi connectivity index (χ1n) is 6.29. The molecule has 1 aromatic carbocycles. The molecular weight excluding hydrogens is 269 g/mol. The van der Waals surface area contributed by atoms with Gasteiger partial charge in [0, 0.05) is 10.7 Å². The highest BCUT2D eigenvalue weighted by atomic mass is 35.5. The molecule has 2 unspecified atom stereocenters. The van der Waals surface area contributed by atoms with E-state index in [1.165, 1.54) is 0 Å². The molecule has 0 bridgehead atoms. The number of nitrogens with one attached hydrogen (secondary N) is 1. The molecule has 1 aromatic rings. The maximum Gasteiger partial charge on any atom is 0.228 e. The summed E-state index contributed by atoms with van der Waals surface area (Å²) in [5.41, 5.74) is 2.75. The summed E-state index contributed by atoms with van der Waals surface area (Å²) in [6.07, 6.45) is 2.59. The fourth-order valence-corrected chi connectivity index (χ4v) is 3.03. The molecule has 0 spiro atoms. The minimum Gasteiger partial charge on any atom is -0.325 e. The van der Waals surface area contributed by atoms with Crippen LogP contribution in [0.1, 0.15) is 43.2 Å². The first-order valence-corrected chi connectivity index (χ1v) is 7.10. The van der Waals surface area contributed by atoms with Crippen molar-refractivity contribution in [3.8, 4) is 0 Å². The topological polar surface area (TPSA) is 29.1 Å². The van der Waals surface area contributed by atoms with E-state index in [2.05, 4.69) is 19.2 Å². The number of carbonyl (C=O) groups excluding carboxylic acids is 1. The fourth-order valence-electron chi connectivity index (χ4n) is 2.39. The van der Waals surface area contributed by atoms with E-state index in [0.717, 1.165) is 29.7 Å². The molecule has 18 heavy (non-hydrogen) atoms. The van der Waals surface area contributed by atoms with Crippen molar-refractivity contribution in [1.29, 1.82) is 0 Å². The smallest absolute Gasteiger partial charge is 0.228 e. The maximum absolute atomic E-state index is 11.3. The van der Waals surface area contributed by atoms with Gasteiger partial charge < -0.3 is 5.32 Å². The van der Waals surface area contributed by atoms with Crippen LogP contribution in [0.25, 0.3) is 0 Å². The molecule has 2 nitrogen and oxygen atoms in total. The first kappa shape index (κ1) is 13.7. The second kappa shape index (κ2) is 5.50. The average molecular weight is 286 g/mol. The van der Waals surface area contributed by atoms with E-state index < -0.39 is 0 Å². The molecule has 0 aromatic heterocycles. The van der Waals surface area contributed by atoms with Gasteiger partial charge in [-0.2, -0.15) is 0 Å². The lowest BCUT2D eigenvalue weighted by atomic mass is 9.94. The van der Waals surface area contributed by atoms with Gasteiger partial charge in [-0.15, -0.1) is 11.6 Å². The van der Waals surface area contributed by atoms with Gasteiger partial charge in [-0.25, -0.2) is 0 Å². The van der Waals surface area contributed by atoms with E-state index >= 15 is 0 Å². The van der Waals surface area contributed by atoms with Crippen LogP contribution in [-0.4, -0.2) is 5.91 Å². The summed E-state index contributed by atoms with van der Waals surface area (Å²) in [4.78, 5) is 11.3. The summed E-state index contributed by atoms with van der Waals surface area (Å²) in [7, 11) is 0. The lowest BCUT2D eigenvalue weighted by Crippen LogP contribution is -2.05. The lowest BCUT2D eigenvalue weighted by Gasteiger charge is -2.19. The molecule has 98 valence electrons. The zero-order chi connectivity index (χ0) is 13.3. The summed E-state index contributed by atoms with van der Waals surface area (Å²) in [6.45, 7) is 4.28. The Morgan fingerprint density at radius 3 is 2.83 bits per heavy atom. The van der Waals surface area contributed by atoms with Crippen LogP contribution in [0.3, 0.4) is 0 Å². The normalized spacial score (nSPS) is 17.2. The maximum atomic E-state index is 11.3. The number of hydrogen-bond donors (Lipinski definition) is 1. The van der Waals surface area contributed by atoms with Gasteiger partial charge in [0.1, 0.15) is 0 Å². The van der Waals surface area contributed by atoms with Crippen molar-refractivity contribution >= 4 is 34.8 Å². The first-order chi connectivity index (χ1) is 8.52. The summed E-state index contributed by atoms with van der Waals surface area (Å²) in [6, 6.07) is 3.78. The molecule has 1 aliphatic rings. The monoisotopic (exact) mass is 285 g/mol. The number of halogens is 2. The Labute approximate surface area is 118 Å². The van der Waals surface area contributed by atoms with Gasteiger partial charge in [0.25, 0.3) is 0 Å². The Morgan fingerprint density at radius 2 is 2.17 bits per heavy atom.